The summed E-state index contributed by atoms with van der Waals surface area (Å²) < 4.78 is 18.2. The lowest BCUT2D eigenvalue weighted by molar-refractivity contribution is 0.0690. The molecule has 98 valence electrons. The number of benzene rings is 1. The predicted molar refractivity (Wildman–Crippen MR) is 66.9 cm³/mol. The van der Waals surface area contributed by atoms with Gasteiger partial charge in [-0.3, -0.25) is 0 Å². The van der Waals surface area contributed by atoms with Crippen molar-refractivity contribution in [1.29, 1.82) is 0 Å². The molecule has 0 radical (unpaired) electrons. The van der Waals surface area contributed by atoms with Gasteiger partial charge in [0, 0.05) is 5.56 Å². The number of nitrogens with zero attached hydrogens (tertiary/aromatic N) is 1. The van der Waals surface area contributed by atoms with Crippen LogP contribution in [0, 0.1) is 5.82 Å². The Morgan fingerprint density at radius 1 is 1.37 bits per heavy atom. The van der Waals surface area contributed by atoms with E-state index in [1.165, 1.54) is 36.5 Å². The standard InChI is InChI=1S/C13H9ClFNO3/c14-11-5-9(15)2-1-8(11)7-19-10-3-4-12(13(17)18)16-6-10/h1-6H,7H2,(H,17,18). The van der Waals surface area contributed by atoms with Crippen LogP contribution in [0.1, 0.15) is 16.1 Å². The second kappa shape index (κ2) is 5.67. The molecule has 6 heteroatoms. The third-order valence-corrected chi connectivity index (χ3v) is 2.72. The van der Waals surface area contributed by atoms with E-state index in [0.29, 0.717) is 11.3 Å². The maximum absolute atomic E-state index is 12.8. The molecule has 1 heterocycles. The van der Waals surface area contributed by atoms with Crippen molar-refractivity contribution in [1.82, 2.24) is 4.98 Å². The first-order valence-corrected chi connectivity index (χ1v) is 5.70. The minimum absolute atomic E-state index is 0.0628. The van der Waals surface area contributed by atoms with Crippen LogP contribution in [0.4, 0.5) is 4.39 Å². The molecule has 0 unspecified atom stereocenters. The lowest BCUT2D eigenvalue weighted by atomic mass is 10.2. The van der Waals surface area contributed by atoms with Crippen LogP contribution in [0.15, 0.2) is 36.5 Å². The van der Waals surface area contributed by atoms with Gasteiger partial charge in [-0.25, -0.2) is 14.2 Å². The maximum Gasteiger partial charge on any atom is 0.354 e. The van der Waals surface area contributed by atoms with Crippen LogP contribution in [0.3, 0.4) is 0 Å². The van der Waals surface area contributed by atoms with Gasteiger partial charge in [-0.05, 0) is 24.3 Å². The van der Waals surface area contributed by atoms with Gasteiger partial charge in [0.15, 0.2) is 0 Å². The number of halogens is 2. The highest BCUT2D eigenvalue weighted by Gasteiger charge is 2.06. The van der Waals surface area contributed by atoms with E-state index >= 15 is 0 Å². The lowest BCUT2D eigenvalue weighted by Crippen LogP contribution is -2.01. The van der Waals surface area contributed by atoms with Gasteiger partial charge in [0.2, 0.25) is 0 Å². The van der Waals surface area contributed by atoms with Crippen LogP contribution in [-0.4, -0.2) is 16.1 Å². The fourth-order valence-corrected chi connectivity index (χ4v) is 1.61. The number of aromatic carboxylic acids is 1. The molecule has 19 heavy (non-hydrogen) atoms. The first-order chi connectivity index (χ1) is 9.06. The Bertz CT molecular complexity index is 601. The Labute approximate surface area is 113 Å². The predicted octanol–water partition coefficient (Wildman–Crippen LogP) is 3.15. The van der Waals surface area contributed by atoms with E-state index in [4.69, 9.17) is 21.4 Å². The molecular formula is C13H9ClFNO3. The van der Waals surface area contributed by atoms with E-state index in [2.05, 4.69) is 4.98 Å². The number of carboxylic acids is 1. The van der Waals surface area contributed by atoms with Crippen LogP contribution >= 0.6 is 11.6 Å². The van der Waals surface area contributed by atoms with E-state index in [-0.39, 0.29) is 17.3 Å². The summed E-state index contributed by atoms with van der Waals surface area (Å²) in [5.41, 5.74) is 0.567. The van der Waals surface area contributed by atoms with Gasteiger partial charge in [0.1, 0.15) is 23.9 Å². The Balaban J connectivity index is 2.04. The van der Waals surface area contributed by atoms with Crippen molar-refractivity contribution in [3.63, 3.8) is 0 Å². The van der Waals surface area contributed by atoms with Crippen molar-refractivity contribution in [3.8, 4) is 5.75 Å². The highest BCUT2D eigenvalue weighted by Crippen LogP contribution is 2.19. The van der Waals surface area contributed by atoms with Crippen LogP contribution in [0.25, 0.3) is 0 Å². The van der Waals surface area contributed by atoms with E-state index in [0.717, 1.165) is 0 Å². The molecule has 0 saturated heterocycles. The van der Waals surface area contributed by atoms with Gasteiger partial charge >= 0.3 is 5.97 Å². The van der Waals surface area contributed by atoms with Crippen molar-refractivity contribution in [2.45, 2.75) is 6.61 Å². The fraction of sp³-hybridized carbons (Fsp3) is 0.0769. The number of carboxylic acid groups (broad SMARTS) is 1. The smallest absolute Gasteiger partial charge is 0.354 e. The summed E-state index contributed by atoms with van der Waals surface area (Å²) >= 11 is 5.85. The summed E-state index contributed by atoms with van der Waals surface area (Å²) in [5, 5.41) is 8.96. The van der Waals surface area contributed by atoms with Gasteiger partial charge in [-0.1, -0.05) is 17.7 Å². The number of rotatable bonds is 4. The number of aromatic nitrogens is 1. The Hall–Kier alpha value is -2.14. The molecule has 0 aliphatic heterocycles. The van der Waals surface area contributed by atoms with Crippen LogP contribution < -0.4 is 4.74 Å². The van der Waals surface area contributed by atoms with Crippen molar-refractivity contribution < 1.29 is 19.0 Å². The molecule has 4 nitrogen and oxygen atoms in total. The number of carbonyl (C=O) groups is 1. The summed E-state index contributed by atoms with van der Waals surface area (Å²) in [5.74, 6) is -1.11. The van der Waals surface area contributed by atoms with Crippen molar-refractivity contribution in [2.24, 2.45) is 0 Å². The monoisotopic (exact) mass is 281 g/mol. The fourth-order valence-electron chi connectivity index (χ4n) is 1.39. The molecule has 0 bridgehead atoms. The molecule has 2 rings (SSSR count). The van der Waals surface area contributed by atoms with E-state index in [1.54, 1.807) is 0 Å². The zero-order valence-corrected chi connectivity index (χ0v) is 10.4. The molecule has 2 aromatic rings. The molecular weight excluding hydrogens is 273 g/mol. The third-order valence-electron chi connectivity index (χ3n) is 2.36. The molecule has 0 fully saturated rings. The first-order valence-electron chi connectivity index (χ1n) is 5.32. The molecule has 1 aromatic heterocycles. The molecule has 0 saturated carbocycles. The molecule has 0 atom stereocenters. The van der Waals surface area contributed by atoms with Crippen LogP contribution in [0.2, 0.25) is 5.02 Å². The summed E-state index contributed by atoms with van der Waals surface area (Å²) in [4.78, 5) is 14.3. The number of hydrogen-bond acceptors (Lipinski definition) is 3. The van der Waals surface area contributed by atoms with E-state index in [9.17, 15) is 9.18 Å². The number of ether oxygens (including phenoxy) is 1. The van der Waals surface area contributed by atoms with Crippen molar-refractivity contribution in [2.75, 3.05) is 0 Å². The largest absolute Gasteiger partial charge is 0.487 e. The topological polar surface area (TPSA) is 59.4 Å². The average molecular weight is 282 g/mol. The zero-order chi connectivity index (χ0) is 13.8. The molecule has 1 N–H and O–H groups in total. The van der Waals surface area contributed by atoms with Crippen molar-refractivity contribution >= 4 is 17.6 Å². The average Bonchev–Trinajstić information content (AvgIpc) is 2.38. The SMILES string of the molecule is O=C(O)c1ccc(OCc2ccc(F)cc2Cl)cn1. The third kappa shape index (κ3) is 3.42. The molecule has 0 amide bonds. The van der Waals surface area contributed by atoms with Crippen molar-refractivity contribution in [3.05, 3.63) is 58.6 Å². The minimum atomic E-state index is -1.10. The maximum atomic E-state index is 12.8. The Morgan fingerprint density at radius 2 is 2.16 bits per heavy atom. The minimum Gasteiger partial charge on any atom is -0.487 e. The second-order valence-corrected chi connectivity index (χ2v) is 4.12. The van der Waals surface area contributed by atoms with E-state index in [1.807, 2.05) is 0 Å². The number of pyridine rings is 1. The molecule has 0 aliphatic carbocycles. The zero-order valence-electron chi connectivity index (χ0n) is 9.64. The Kier molecular flexibility index (Phi) is 3.97. The quantitative estimate of drug-likeness (QED) is 0.935. The summed E-state index contributed by atoms with van der Waals surface area (Å²) in [6.07, 6.45) is 1.31. The van der Waals surface area contributed by atoms with Crippen LogP contribution in [0.5, 0.6) is 5.75 Å². The summed E-state index contributed by atoms with van der Waals surface area (Å²) in [7, 11) is 0. The molecule has 1 aromatic carbocycles. The first kappa shape index (κ1) is 13.3. The summed E-state index contributed by atoms with van der Waals surface area (Å²) in [6, 6.07) is 6.84. The van der Waals surface area contributed by atoms with Gasteiger partial charge in [-0.2, -0.15) is 0 Å². The number of hydrogen-bond donors (Lipinski definition) is 1. The lowest BCUT2D eigenvalue weighted by Gasteiger charge is -2.07. The van der Waals surface area contributed by atoms with Gasteiger partial charge in [0.25, 0.3) is 0 Å². The highest BCUT2D eigenvalue weighted by atomic mass is 35.5. The van der Waals surface area contributed by atoms with Crippen LogP contribution in [-0.2, 0) is 6.61 Å². The van der Waals surface area contributed by atoms with Gasteiger partial charge < -0.3 is 9.84 Å². The van der Waals surface area contributed by atoms with Gasteiger partial charge in [-0.15, -0.1) is 0 Å². The van der Waals surface area contributed by atoms with E-state index < -0.39 is 11.8 Å². The molecule has 0 spiro atoms. The van der Waals surface area contributed by atoms with Gasteiger partial charge in [0.05, 0.1) is 11.2 Å². The normalized spacial score (nSPS) is 10.2. The summed E-state index contributed by atoms with van der Waals surface area (Å²) in [6.45, 7) is 0.146. The second-order valence-electron chi connectivity index (χ2n) is 3.71. The Morgan fingerprint density at radius 3 is 2.74 bits per heavy atom. The highest BCUT2D eigenvalue weighted by molar-refractivity contribution is 6.31. The molecule has 0 aliphatic rings.